The van der Waals surface area contributed by atoms with Crippen molar-refractivity contribution >= 4 is 5.97 Å². The van der Waals surface area contributed by atoms with Gasteiger partial charge < -0.3 is 5.11 Å². The normalized spacial score (nSPS) is 27.5. The number of hydrogen-bond donors (Lipinski definition) is 1. The summed E-state index contributed by atoms with van der Waals surface area (Å²) in [6.45, 7) is 1.98. The van der Waals surface area contributed by atoms with Crippen molar-refractivity contribution in [1.29, 1.82) is 0 Å². The molecule has 0 aromatic heterocycles. The van der Waals surface area contributed by atoms with Gasteiger partial charge in [-0.15, -0.1) is 0 Å². The maximum Gasteiger partial charge on any atom is 0.324 e. The van der Waals surface area contributed by atoms with E-state index >= 15 is 0 Å². The molecule has 0 radical (unpaired) electrons. The molecule has 1 aliphatic heterocycles. The molecule has 0 bridgehead atoms. The first-order valence-electron chi connectivity index (χ1n) is 6.24. The van der Waals surface area contributed by atoms with E-state index in [1.165, 1.54) is 25.7 Å². The van der Waals surface area contributed by atoms with E-state index in [1.807, 2.05) is 0 Å². The van der Waals surface area contributed by atoms with E-state index in [9.17, 15) is 9.90 Å². The third-order valence-corrected chi connectivity index (χ3v) is 4.04. The Bertz CT molecular complexity index is 226. The number of carboxylic acid groups (broad SMARTS) is 1. The number of likely N-dealkylation sites (tertiary alicyclic amines) is 1. The summed E-state index contributed by atoms with van der Waals surface area (Å²) < 4.78 is 0. The molecule has 0 atom stereocenters. The number of hydrogen-bond acceptors (Lipinski definition) is 2. The monoisotopic (exact) mass is 211 g/mol. The van der Waals surface area contributed by atoms with Crippen LogP contribution in [-0.4, -0.2) is 34.6 Å². The Morgan fingerprint density at radius 3 is 1.93 bits per heavy atom. The molecule has 15 heavy (non-hydrogen) atoms. The van der Waals surface area contributed by atoms with Crippen molar-refractivity contribution in [2.75, 3.05) is 13.1 Å². The van der Waals surface area contributed by atoms with Gasteiger partial charge in [-0.2, -0.15) is 0 Å². The molecule has 3 nitrogen and oxygen atoms in total. The van der Waals surface area contributed by atoms with Gasteiger partial charge >= 0.3 is 5.97 Å². The Morgan fingerprint density at radius 2 is 1.47 bits per heavy atom. The van der Waals surface area contributed by atoms with Crippen molar-refractivity contribution in [2.45, 2.75) is 56.9 Å². The van der Waals surface area contributed by atoms with Crippen LogP contribution in [0.3, 0.4) is 0 Å². The second kappa shape index (κ2) is 4.52. The predicted octanol–water partition coefficient (Wildman–Crippen LogP) is 2.26. The van der Waals surface area contributed by atoms with Gasteiger partial charge in [0.25, 0.3) is 0 Å². The van der Waals surface area contributed by atoms with Crippen LogP contribution in [0, 0.1) is 0 Å². The number of rotatable bonds is 2. The maximum atomic E-state index is 11.5. The molecule has 0 amide bonds. The molecule has 1 heterocycles. The molecule has 0 aromatic rings. The van der Waals surface area contributed by atoms with Crippen LogP contribution in [-0.2, 0) is 4.79 Å². The first kappa shape index (κ1) is 10.9. The first-order chi connectivity index (χ1) is 7.26. The molecule has 1 aliphatic carbocycles. The largest absolute Gasteiger partial charge is 0.480 e. The van der Waals surface area contributed by atoms with E-state index < -0.39 is 11.5 Å². The third-order valence-electron chi connectivity index (χ3n) is 4.04. The van der Waals surface area contributed by atoms with Crippen molar-refractivity contribution in [3.63, 3.8) is 0 Å². The maximum absolute atomic E-state index is 11.5. The van der Waals surface area contributed by atoms with Crippen LogP contribution in [0.5, 0.6) is 0 Å². The van der Waals surface area contributed by atoms with Gasteiger partial charge in [-0.05, 0) is 38.8 Å². The summed E-state index contributed by atoms with van der Waals surface area (Å²) in [4.78, 5) is 13.8. The molecule has 0 unspecified atom stereocenters. The van der Waals surface area contributed by atoms with Gasteiger partial charge in [-0.25, -0.2) is 0 Å². The van der Waals surface area contributed by atoms with Crippen LogP contribution in [0.4, 0.5) is 0 Å². The van der Waals surface area contributed by atoms with Gasteiger partial charge in [-0.1, -0.05) is 25.7 Å². The molecular formula is C12H21NO2. The average molecular weight is 211 g/mol. The van der Waals surface area contributed by atoms with E-state index in [2.05, 4.69) is 4.90 Å². The third kappa shape index (κ3) is 2.03. The van der Waals surface area contributed by atoms with Gasteiger partial charge in [0, 0.05) is 0 Å². The van der Waals surface area contributed by atoms with Crippen molar-refractivity contribution in [2.24, 2.45) is 0 Å². The average Bonchev–Trinajstić information content (AvgIpc) is 2.56. The molecule has 86 valence electrons. The Balaban J connectivity index is 2.12. The molecule has 2 fully saturated rings. The summed E-state index contributed by atoms with van der Waals surface area (Å²) in [5, 5.41) is 9.47. The van der Waals surface area contributed by atoms with Crippen LogP contribution in [0.25, 0.3) is 0 Å². The molecule has 1 N–H and O–H groups in total. The van der Waals surface area contributed by atoms with Crippen molar-refractivity contribution < 1.29 is 9.90 Å². The minimum absolute atomic E-state index is 0.496. The minimum atomic E-state index is -0.582. The molecule has 2 aliphatic rings. The lowest BCUT2D eigenvalue weighted by molar-refractivity contribution is -0.151. The lowest BCUT2D eigenvalue weighted by Crippen LogP contribution is -2.53. The van der Waals surface area contributed by atoms with Crippen LogP contribution < -0.4 is 0 Å². The fourth-order valence-electron chi connectivity index (χ4n) is 3.12. The molecule has 0 spiro atoms. The molecule has 1 saturated carbocycles. The van der Waals surface area contributed by atoms with Gasteiger partial charge in [-0.3, -0.25) is 9.69 Å². The predicted molar refractivity (Wildman–Crippen MR) is 58.9 cm³/mol. The second-order valence-corrected chi connectivity index (χ2v) is 4.95. The minimum Gasteiger partial charge on any atom is -0.480 e. The fraction of sp³-hybridized carbons (Fsp3) is 0.917. The molecule has 2 rings (SSSR count). The van der Waals surface area contributed by atoms with E-state index in [1.54, 1.807) is 0 Å². The van der Waals surface area contributed by atoms with Gasteiger partial charge in [0.2, 0.25) is 0 Å². The van der Waals surface area contributed by atoms with E-state index in [4.69, 9.17) is 0 Å². The zero-order chi connectivity index (χ0) is 10.7. The van der Waals surface area contributed by atoms with Crippen LogP contribution in [0.2, 0.25) is 0 Å². The van der Waals surface area contributed by atoms with Gasteiger partial charge in [0.1, 0.15) is 5.54 Å². The Morgan fingerprint density at radius 1 is 0.933 bits per heavy atom. The SMILES string of the molecule is O=C(O)C1(N2CCCCCC2)CCCC1. The highest BCUT2D eigenvalue weighted by Gasteiger charge is 2.46. The molecule has 3 heteroatoms. The topological polar surface area (TPSA) is 40.5 Å². The summed E-state index contributed by atoms with van der Waals surface area (Å²) in [5.41, 5.74) is -0.496. The van der Waals surface area contributed by atoms with Gasteiger partial charge in [0.05, 0.1) is 0 Å². The summed E-state index contributed by atoms with van der Waals surface area (Å²) >= 11 is 0. The number of aliphatic carboxylic acids is 1. The van der Waals surface area contributed by atoms with Crippen molar-refractivity contribution in [3.8, 4) is 0 Å². The highest BCUT2D eigenvalue weighted by atomic mass is 16.4. The number of carbonyl (C=O) groups is 1. The Kier molecular flexibility index (Phi) is 3.29. The first-order valence-corrected chi connectivity index (χ1v) is 6.24. The quantitative estimate of drug-likeness (QED) is 0.761. The van der Waals surface area contributed by atoms with Crippen molar-refractivity contribution in [3.05, 3.63) is 0 Å². The second-order valence-electron chi connectivity index (χ2n) is 4.95. The van der Waals surface area contributed by atoms with E-state index in [0.29, 0.717) is 0 Å². The smallest absolute Gasteiger partial charge is 0.324 e. The summed E-state index contributed by atoms with van der Waals surface area (Å²) in [6.07, 6.45) is 8.79. The highest BCUT2D eigenvalue weighted by molar-refractivity contribution is 5.79. The lowest BCUT2D eigenvalue weighted by atomic mass is 9.95. The molecule has 0 aromatic carbocycles. The molecule has 1 saturated heterocycles. The summed E-state index contributed by atoms with van der Waals surface area (Å²) in [7, 11) is 0. The number of nitrogens with zero attached hydrogens (tertiary/aromatic N) is 1. The summed E-state index contributed by atoms with van der Waals surface area (Å²) in [6, 6.07) is 0. The summed E-state index contributed by atoms with van der Waals surface area (Å²) in [5.74, 6) is -0.582. The van der Waals surface area contributed by atoms with Crippen molar-refractivity contribution in [1.82, 2.24) is 4.90 Å². The van der Waals surface area contributed by atoms with Crippen LogP contribution >= 0.6 is 0 Å². The van der Waals surface area contributed by atoms with E-state index in [0.717, 1.165) is 38.8 Å². The van der Waals surface area contributed by atoms with E-state index in [-0.39, 0.29) is 0 Å². The zero-order valence-electron chi connectivity index (χ0n) is 9.37. The lowest BCUT2D eigenvalue weighted by Gasteiger charge is -2.37. The fourth-order valence-corrected chi connectivity index (χ4v) is 3.12. The zero-order valence-corrected chi connectivity index (χ0v) is 9.37. The highest BCUT2D eigenvalue weighted by Crippen LogP contribution is 2.36. The van der Waals surface area contributed by atoms with Crippen LogP contribution in [0.15, 0.2) is 0 Å². The van der Waals surface area contributed by atoms with Crippen LogP contribution in [0.1, 0.15) is 51.4 Å². The number of carboxylic acids is 1. The Hall–Kier alpha value is -0.570. The molecular weight excluding hydrogens is 190 g/mol. The Labute approximate surface area is 91.5 Å². The van der Waals surface area contributed by atoms with Gasteiger partial charge in [0.15, 0.2) is 0 Å². The standard InChI is InChI=1S/C12H21NO2/c14-11(15)12(7-3-4-8-12)13-9-5-1-2-6-10-13/h1-10H2,(H,14,15).